The lowest BCUT2D eigenvalue weighted by Crippen LogP contribution is -2.41. The summed E-state index contributed by atoms with van der Waals surface area (Å²) in [5.41, 5.74) is 1.21. The van der Waals surface area contributed by atoms with Gasteiger partial charge in [0, 0.05) is 25.3 Å². The molecular formula is C17H24N4O2. The maximum Gasteiger partial charge on any atom is 0.331 e. The Bertz CT molecular complexity index is 766. The Morgan fingerprint density at radius 1 is 1.35 bits per heavy atom. The Balaban J connectivity index is 1.93. The highest BCUT2D eigenvalue weighted by atomic mass is 16.2. The molecule has 1 aliphatic heterocycles. The first-order valence-corrected chi connectivity index (χ1v) is 8.32. The number of amides is 1. The molecule has 23 heavy (non-hydrogen) atoms. The smallest absolute Gasteiger partial charge is 0.331 e. The molecule has 3 rings (SSSR count). The summed E-state index contributed by atoms with van der Waals surface area (Å²) < 4.78 is 3.21. The van der Waals surface area contributed by atoms with Crippen molar-refractivity contribution in [2.24, 2.45) is 5.92 Å². The third-order valence-corrected chi connectivity index (χ3v) is 4.67. The van der Waals surface area contributed by atoms with E-state index in [1.54, 1.807) is 21.4 Å². The number of carbonyl (C=O) groups excluding carboxylic acids is 1. The number of hydrogen-bond acceptors (Lipinski definition) is 3. The van der Waals surface area contributed by atoms with E-state index >= 15 is 0 Å². The van der Waals surface area contributed by atoms with Gasteiger partial charge in [0.2, 0.25) is 5.91 Å². The zero-order chi connectivity index (χ0) is 16.6. The van der Waals surface area contributed by atoms with E-state index in [-0.39, 0.29) is 24.2 Å². The minimum Gasteiger partial charge on any atom is -0.341 e. The summed E-state index contributed by atoms with van der Waals surface area (Å²) in [6.07, 6.45) is 3.75. The molecule has 124 valence electrons. The van der Waals surface area contributed by atoms with Crippen LogP contribution in [0.1, 0.15) is 39.7 Å². The van der Waals surface area contributed by atoms with Crippen LogP contribution in [-0.2, 0) is 11.3 Å². The molecule has 0 spiro atoms. The van der Waals surface area contributed by atoms with Crippen LogP contribution >= 0.6 is 0 Å². The number of piperidine rings is 1. The van der Waals surface area contributed by atoms with Crippen molar-refractivity contribution < 1.29 is 4.79 Å². The van der Waals surface area contributed by atoms with Crippen molar-refractivity contribution in [2.45, 2.75) is 46.2 Å². The lowest BCUT2D eigenvalue weighted by atomic mass is 9.99. The van der Waals surface area contributed by atoms with Gasteiger partial charge in [-0.2, -0.15) is 0 Å². The van der Waals surface area contributed by atoms with E-state index in [9.17, 15) is 9.59 Å². The number of likely N-dealkylation sites (tertiary alicyclic amines) is 1. The Hall–Kier alpha value is -2.11. The number of nitrogens with zero attached hydrogens (tertiary/aromatic N) is 4. The number of imidazole rings is 1. The van der Waals surface area contributed by atoms with Crippen molar-refractivity contribution >= 4 is 17.1 Å². The van der Waals surface area contributed by atoms with Crippen LogP contribution in [0.15, 0.2) is 23.1 Å². The van der Waals surface area contributed by atoms with E-state index in [1.165, 1.54) is 0 Å². The predicted octanol–water partition coefficient (Wildman–Crippen LogP) is 2.04. The van der Waals surface area contributed by atoms with Gasteiger partial charge in [0.15, 0.2) is 5.65 Å². The molecule has 0 aromatic carbocycles. The van der Waals surface area contributed by atoms with Crippen molar-refractivity contribution in [2.75, 3.05) is 13.1 Å². The normalized spacial score (nSPS) is 16.4. The molecule has 1 saturated heterocycles. The maximum atomic E-state index is 12.7. The zero-order valence-electron chi connectivity index (χ0n) is 14.0. The molecule has 1 aliphatic rings. The van der Waals surface area contributed by atoms with Crippen molar-refractivity contribution in [1.29, 1.82) is 0 Å². The number of hydrogen-bond donors (Lipinski definition) is 0. The van der Waals surface area contributed by atoms with Crippen LogP contribution in [0, 0.1) is 5.92 Å². The molecule has 0 unspecified atom stereocenters. The minimum absolute atomic E-state index is 0.00656. The number of aromatic nitrogens is 3. The van der Waals surface area contributed by atoms with E-state index in [0.29, 0.717) is 11.6 Å². The first-order valence-electron chi connectivity index (χ1n) is 8.32. The van der Waals surface area contributed by atoms with Gasteiger partial charge in [-0.05, 0) is 44.7 Å². The highest BCUT2D eigenvalue weighted by molar-refractivity contribution is 5.79. The topological polar surface area (TPSA) is 60.1 Å². The van der Waals surface area contributed by atoms with E-state index in [4.69, 9.17) is 0 Å². The van der Waals surface area contributed by atoms with Crippen molar-refractivity contribution in [3.8, 4) is 0 Å². The standard InChI is InChI=1S/C17H24N4O2/c1-12(2)21-16-14(5-4-8-18-16)20(17(21)23)11-15(22)19-9-6-13(3)7-10-19/h4-5,8,12-13H,6-7,9-11H2,1-3H3. The fraction of sp³-hybridized carbons (Fsp3) is 0.588. The number of pyridine rings is 1. The van der Waals surface area contributed by atoms with Crippen molar-refractivity contribution in [1.82, 2.24) is 19.0 Å². The second-order valence-electron chi connectivity index (χ2n) is 6.74. The number of rotatable bonds is 3. The molecule has 6 heteroatoms. The van der Waals surface area contributed by atoms with Crippen LogP contribution in [0.2, 0.25) is 0 Å². The van der Waals surface area contributed by atoms with Crippen molar-refractivity contribution in [3.05, 3.63) is 28.8 Å². The summed E-state index contributed by atoms with van der Waals surface area (Å²) in [7, 11) is 0. The molecule has 2 aromatic rings. The zero-order valence-corrected chi connectivity index (χ0v) is 14.0. The molecule has 0 aliphatic carbocycles. The summed E-state index contributed by atoms with van der Waals surface area (Å²) in [5.74, 6) is 0.694. The Kier molecular flexibility index (Phi) is 4.24. The van der Waals surface area contributed by atoms with Crippen LogP contribution in [0.3, 0.4) is 0 Å². The number of fused-ring (bicyclic) bond motifs is 1. The molecule has 0 radical (unpaired) electrons. The summed E-state index contributed by atoms with van der Waals surface area (Å²) in [5, 5.41) is 0. The van der Waals surface area contributed by atoms with Crippen LogP contribution < -0.4 is 5.69 Å². The molecular weight excluding hydrogens is 292 g/mol. The molecule has 2 aromatic heterocycles. The van der Waals surface area contributed by atoms with Gasteiger partial charge in [0.1, 0.15) is 6.54 Å². The van der Waals surface area contributed by atoms with Crippen molar-refractivity contribution in [3.63, 3.8) is 0 Å². The van der Waals surface area contributed by atoms with Crippen LogP contribution in [0.25, 0.3) is 11.2 Å². The predicted molar refractivity (Wildman–Crippen MR) is 89.4 cm³/mol. The monoisotopic (exact) mass is 316 g/mol. The Morgan fingerprint density at radius 3 is 2.70 bits per heavy atom. The second-order valence-corrected chi connectivity index (χ2v) is 6.74. The van der Waals surface area contributed by atoms with E-state index in [1.807, 2.05) is 24.8 Å². The molecule has 1 amide bonds. The molecule has 0 N–H and O–H groups in total. The fourth-order valence-corrected chi connectivity index (χ4v) is 3.22. The Morgan fingerprint density at radius 2 is 2.04 bits per heavy atom. The van der Waals surface area contributed by atoms with Crippen LogP contribution in [0.4, 0.5) is 0 Å². The van der Waals surface area contributed by atoms with Gasteiger partial charge >= 0.3 is 5.69 Å². The quantitative estimate of drug-likeness (QED) is 0.870. The average Bonchev–Trinajstić information content (AvgIpc) is 2.80. The van der Waals surface area contributed by atoms with E-state index in [0.717, 1.165) is 31.4 Å². The average molecular weight is 316 g/mol. The molecule has 1 fully saturated rings. The Labute approximate surface area is 135 Å². The summed E-state index contributed by atoms with van der Waals surface area (Å²) in [4.78, 5) is 31.5. The van der Waals surface area contributed by atoms with Gasteiger partial charge in [-0.3, -0.25) is 13.9 Å². The van der Waals surface area contributed by atoms with Crippen LogP contribution in [0.5, 0.6) is 0 Å². The second kappa shape index (κ2) is 6.18. The first-order chi connectivity index (χ1) is 11.0. The fourth-order valence-electron chi connectivity index (χ4n) is 3.22. The molecule has 0 atom stereocenters. The van der Waals surface area contributed by atoms with E-state index < -0.39 is 0 Å². The van der Waals surface area contributed by atoms with Gasteiger partial charge in [0.05, 0.1) is 5.52 Å². The number of carbonyl (C=O) groups is 1. The summed E-state index contributed by atoms with van der Waals surface area (Å²) in [6, 6.07) is 3.66. The van der Waals surface area contributed by atoms with Gasteiger partial charge < -0.3 is 4.90 Å². The lowest BCUT2D eigenvalue weighted by molar-refractivity contribution is -0.133. The first kappa shape index (κ1) is 15.8. The molecule has 3 heterocycles. The SMILES string of the molecule is CC1CCN(C(=O)Cn2c(=O)n(C(C)C)c3ncccc32)CC1. The van der Waals surface area contributed by atoms with Gasteiger partial charge in [-0.15, -0.1) is 0 Å². The lowest BCUT2D eigenvalue weighted by Gasteiger charge is -2.30. The third kappa shape index (κ3) is 2.90. The van der Waals surface area contributed by atoms with Gasteiger partial charge in [-0.25, -0.2) is 9.78 Å². The largest absolute Gasteiger partial charge is 0.341 e. The maximum absolute atomic E-state index is 12.7. The third-order valence-electron chi connectivity index (χ3n) is 4.67. The van der Waals surface area contributed by atoms with Gasteiger partial charge in [-0.1, -0.05) is 6.92 Å². The highest BCUT2D eigenvalue weighted by Gasteiger charge is 2.23. The molecule has 0 saturated carbocycles. The molecule has 0 bridgehead atoms. The summed E-state index contributed by atoms with van der Waals surface area (Å²) >= 11 is 0. The van der Waals surface area contributed by atoms with E-state index in [2.05, 4.69) is 11.9 Å². The molecule has 6 nitrogen and oxygen atoms in total. The minimum atomic E-state index is -0.160. The summed E-state index contributed by atoms with van der Waals surface area (Å²) in [6.45, 7) is 7.79. The van der Waals surface area contributed by atoms with Gasteiger partial charge in [0.25, 0.3) is 0 Å². The highest BCUT2D eigenvalue weighted by Crippen LogP contribution is 2.18. The van der Waals surface area contributed by atoms with Crippen LogP contribution in [-0.4, -0.2) is 38.0 Å².